The van der Waals surface area contributed by atoms with Crippen molar-refractivity contribution in [3.05, 3.63) is 34.9 Å². The standard InChI is InChI=1S/C15H24N2S/c1-5-6-9-16-15(18)17-13(4)14-10-11(2)7-8-12(14)3/h7-8,10,13H,5-6,9H2,1-4H3,(H2,16,17,18). The number of aryl methyl sites for hydroxylation is 2. The number of thiocarbonyl (C=S) groups is 1. The van der Waals surface area contributed by atoms with Crippen LogP contribution in [-0.4, -0.2) is 11.7 Å². The van der Waals surface area contributed by atoms with Gasteiger partial charge >= 0.3 is 0 Å². The topological polar surface area (TPSA) is 24.1 Å². The molecule has 1 aromatic rings. The van der Waals surface area contributed by atoms with Crippen LogP contribution in [0.3, 0.4) is 0 Å². The Morgan fingerprint density at radius 3 is 2.72 bits per heavy atom. The van der Waals surface area contributed by atoms with Crippen molar-refractivity contribution in [2.45, 2.75) is 46.6 Å². The predicted molar refractivity (Wildman–Crippen MR) is 83.0 cm³/mol. The lowest BCUT2D eigenvalue weighted by Gasteiger charge is -2.19. The minimum Gasteiger partial charge on any atom is -0.363 e. The van der Waals surface area contributed by atoms with E-state index in [1.165, 1.54) is 23.1 Å². The SMILES string of the molecule is CCCCNC(=S)NC(C)c1cc(C)ccc1C. The molecule has 0 aliphatic carbocycles. The second-order valence-corrected chi connectivity index (χ2v) is 5.24. The summed E-state index contributed by atoms with van der Waals surface area (Å²) < 4.78 is 0. The van der Waals surface area contributed by atoms with E-state index in [4.69, 9.17) is 12.2 Å². The summed E-state index contributed by atoms with van der Waals surface area (Å²) in [5, 5.41) is 7.33. The van der Waals surface area contributed by atoms with Gasteiger partial charge in [-0.3, -0.25) is 0 Å². The van der Waals surface area contributed by atoms with Crippen molar-refractivity contribution in [1.29, 1.82) is 0 Å². The van der Waals surface area contributed by atoms with Gasteiger partial charge in [0.1, 0.15) is 0 Å². The van der Waals surface area contributed by atoms with E-state index in [0.29, 0.717) is 0 Å². The highest BCUT2D eigenvalue weighted by Crippen LogP contribution is 2.18. The molecule has 0 heterocycles. The van der Waals surface area contributed by atoms with Gasteiger partial charge in [0, 0.05) is 6.54 Å². The number of benzene rings is 1. The van der Waals surface area contributed by atoms with E-state index in [9.17, 15) is 0 Å². The molecule has 0 radical (unpaired) electrons. The number of unbranched alkanes of at least 4 members (excludes halogenated alkanes) is 1. The van der Waals surface area contributed by atoms with Crippen molar-refractivity contribution in [2.75, 3.05) is 6.54 Å². The van der Waals surface area contributed by atoms with Crippen molar-refractivity contribution >= 4 is 17.3 Å². The van der Waals surface area contributed by atoms with E-state index in [2.05, 4.69) is 56.5 Å². The van der Waals surface area contributed by atoms with Crippen molar-refractivity contribution in [3.63, 3.8) is 0 Å². The van der Waals surface area contributed by atoms with Crippen LogP contribution < -0.4 is 10.6 Å². The molecule has 0 amide bonds. The second kappa shape index (κ2) is 7.37. The molecule has 0 aliphatic heterocycles. The van der Waals surface area contributed by atoms with Crippen LogP contribution in [-0.2, 0) is 0 Å². The van der Waals surface area contributed by atoms with Crippen molar-refractivity contribution in [2.24, 2.45) is 0 Å². The van der Waals surface area contributed by atoms with Gasteiger partial charge in [0.25, 0.3) is 0 Å². The van der Waals surface area contributed by atoms with Gasteiger partial charge in [0.2, 0.25) is 0 Å². The van der Waals surface area contributed by atoms with Crippen LogP contribution in [0.2, 0.25) is 0 Å². The Hall–Kier alpha value is -1.09. The largest absolute Gasteiger partial charge is 0.363 e. The molecule has 1 rings (SSSR count). The molecular weight excluding hydrogens is 240 g/mol. The number of rotatable bonds is 5. The Kier molecular flexibility index (Phi) is 6.13. The van der Waals surface area contributed by atoms with Gasteiger partial charge in [0.15, 0.2) is 5.11 Å². The monoisotopic (exact) mass is 264 g/mol. The van der Waals surface area contributed by atoms with Gasteiger partial charge in [-0.15, -0.1) is 0 Å². The number of hydrogen-bond acceptors (Lipinski definition) is 1. The van der Waals surface area contributed by atoms with Crippen LogP contribution in [0.25, 0.3) is 0 Å². The first-order valence-electron chi connectivity index (χ1n) is 6.66. The third-order valence-electron chi connectivity index (χ3n) is 3.06. The Morgan fingerprint density at radius 1 is 1.33 bits per heavy atom. The molecule has 2 nitrogen and oxygen atoms in total. The van der Waals surface area contributed by atoms with Gasteiger partial charge < -0.3 is 10.6 Å². The summed E-state index contributed by atoms with van der Waals surface area (Å²) >= 11 is 5.30. The molecule has 0 fully saturated rings. The summed E-state index contributed by atoms with van der Waals surface area (Å²) in [6.45, 7) is 9.53. The third kappa shape index (κ3) is 4.65. The molecule has 1 unspecified atom stereocenters. The van der Waals surface area contributed by atoms with E-state index in [1.54, 1.807) is 0 Å². The second-order valence-electron chi connectivity index (χ2n) is 4.84. The zero-order valence-electron chi connectivity index (χ0n) is 11.8. The van der Waals surface area contributed by atoms with Crippen molar-refractivity contribution in [3.8, 4) is 0 Å². The van der Waals surface area contributed by atoms with E-state index in [0.717, 1.165) is 18.1 Å². The summed E-state index contributed by atoms with van der Waals surface area (Å²) in [4.78, 5) is 0. The van der Waals surface area contributed by atoms with Gasteiger partial charge in [-0.1, -0.05) is 37.1 Å². The first-order chi connectivity index (χ1) is 8.54. The minimum absolute atomic E-state index is 0.242. The molecule has 1 atom stereocenters. The van der Waals surface area contributed by atoms with E-state index >= 15 is 0 Å². The lowest BCUT2D eigenvalue weighted by atomic mass is 10.0. The molecular formula is C15H24N2S. The summed E-state index contributed by atoms with van der Waals surface area (Å²) in [5.41, 5.74) is 3.90. The molecule has 1 aromatic carbocycles. The minimum atomic E-state index is 0.242. The van der Waals surface area contributed by atoms with Gasteiger partial charge in [-0.25, -0.2) is 0 Å². The first-order valence-corrected chi connectivity index (χ1v) is 7.07. The molecule has 0 bridgehead atoms. The molecule has 0 saturated carbocycles. The first kappa shape index (κ1) is 15.0. The normalized spacial score (nSPS) is 12.0. The third-order valence-corrected chi connectivity index (χ3v) is 3.33. The van der Waals surface area contributed by atoms with Crippen LogP contribution in [0.1, 0.15) is 49.4 Å². The average Bonchev–Trinajstić information content (AvgIpc) is 2.32. The molecule has 0 aliphatic rings. The summed E-state index contributed by atoms with van der Waals surface area (Å²) in [6.07, 6.45) is 2.34. The fraction of sp³-hybridized carbons (Fsp3) is 0.533. The molecule has 18 heavy (non-hydrogen) atoms. The lowest BCUT2D eigenvalue weighted by molar-refractivity contribution is 0.679. The van der Waals surface area contributed by atoms with Crippen LogP contribution >= 0.6 is 12.2 Å². The Labute approximate surface area is 116 Å². The highest BCUT2D eigenvalue weighted by molar-refractivity contribution is 7.80. The molecule has 0 saturated heterocycles. The number of nitrogens with one attached hydrogen (secondary N) is 2. The quantitative estimate of drug-likeness (QED) is 0.627. The predicted octanol–water partition coefficient (Wildman–Crippen LogP) is 3.63. The highest BCUT2D eigenvalue weighted by atomic mass is 32.1. The van der Waals surface area contributed by atoms with E-state index in [-0.39, 0.29) is 6.04 Å². The van der Waals surface area contributed by atoms with Crippen LogP contribution in [0.5, 0.6) is 0 Å². The van der Waals surface area contributed by atoms with Crippen LogP contribution in [0, 0.1) is 13.8 Å². The van der Waals surface area contributed by atoms with Gasteiger partial charge in [-0.2, -0.15) is 0 Å². The maximum absolute atomic E-state index is 5.30. The summed E-state index contributed by atoms with van der Waals surface area (Å²) in [7, 11) is 0. The number of hydrogen-bond donors (Lipinski definition) is 2. The van der Waals surface area contributed by atoms with Crippen molar-refractivity contribution in [1.82, 2.24) is 10.6 Å². The van der Waals surface area contributed by atoms with Crippen molar-refractivity contribution < 1.29 is 0 Å². The molecule has 2 N–H and O–H groups in total. The summed E-state index contributed by atoms with van der Waals surface area (Å²) in [6, 6.07) is 6.77. The maximum Gasteiger partial charge on any atom is 0.166 e. The average molecular weight is 264 g/mol. The molecule has 100 valence electrons. The fourth-order valence-corrected chi connectivity index (χ4v) is 2.21. The summed E-state index contributed by atoms with van der Waals surface area (Å²) in [5.74, 6) is 0. The molecule has 0 aromatic heterocycles. The van der Waals surface area contributed by atoms with E-state index < -0.39 is 0 Å². The zero-order valence-corrected chi connectivity index (χ0v) is 12.7. The fourth-order valence-electron chi connectivity index (χ4n) is 1.93. The lowest BCUT2D eigenvalue weighted by Crippen LogP contribution is -2.37. The smallest absolute Gasteiger partial charge is 0.166 e. The van der Waals surface area contributed by atoms with Gasteiger partial charge in [0.05, 0.1) is 6.04 Å². The Balaban J connectivity index is 2.56. The Morgan fingerprint density at radius 2 is 2.06 bits per heavy atom. The van der Waals surface area contributed by atoms with Crippen LogP contribution in [0.4, 0.5) is 0 Å². The molecule has 3 heteroatoms. The van der Waals surface area contributed by atoms with Crippen LogP contribution in [0.15, 0.2) is 18.2 Å². The highest BCUT2D eigenvalue weighted by Gasteiger charge is 2.09. The maximum atomic E-state index is 5.30. The Bertz CT molecular complexity index is 401. The van der Waals surface area contributed by atoms with Gasteiger partial charge in [-0.05, 0) is 50.5 Å². The molecule has 0 spiro atoms. The zero-order chi connectivity index (χ0) is 13.5. The van der Waals surface area contributed by atoms with E-state index in [1.807, 2.05) is 0 Å².